The molecule has 0 radical (unpaired) electrons. The Bertz CT molecular complexity index is 1080. The molecule has 7 heteroatoms. The Morgan fingerprint density at radius 2 is 1.74 bits per heavy atom. The van der Waals surface area contributed by atoms with E-state index in [-0.39, 0.29) is 23.8 Å². The zero-order valence-corrected chi connectivity index (χ0v) is 20.1. The SMILES string of the molecule is COc1ccc2c(c1)C(=CC(=O)c1ccc(C(=O)N3CCN(CCO)CC3)cc1)NC(C)(C)C2. The summed E-state index contributed by atoms with van der Waals surface area (Å²) in [5.41, 5.74) is 3.85. The summed E-state index contributed by atoms with van der Waals surface area (Å²) in [6.45, 7) is 7.78. The maximum absolute atomic E-state index is 13.1. The second kappa shape index (κ2) is 9.99. The number of amides is 1. The summed E-state index contributed by atoms with van der Waals surface area (Å²) < 4.78 is 5.38. The van der Waals surface area contributed by atoms with Gasteiger partial charge in [-0.3, -0.25) is 14.5 Å². The van der Waals surface area contributed by atoms with Crippen LogP contribution in [-0.4, -0.2) is 78.6 Å². The summed E-state index contributed by atoms with van der Waals surface area (Å²) in [4.78, 5) is 29.9. The Hall–Kier alpha value is -3.16. The van der Waals surface area contributed by atoms with Gasteiger partial charge >= 0.3 is 0 Å². The zero-order chi connectivity index (χ0) is 24.3. The molecule has 2 aromatic carbocycles. The van der Waals surface area contributed by atoms with Gasteiger partial charge in [0.05, 0.1) is 13.7 Å². The van der Waals surface area contributed by atoms with Crippen LogP contribution in [-0.2, 0) is 6.42 Å². The molecule has 0 atom stereocenters. The van der Waals surface area contributed by atoms with Crippen molar-refractivity contribution in [1.82, 2.24) is 15.1 Å². The Morgan fingerprint density at radius 3 is 2.38 bits per heavy atom. The number of nitrogens with one attached hydrogen (secondary N) is 1. The van der Waals surface area contributed by atoms with Crippen LogP contribution in [0, 0.1) is 0 Å². The van der Waals surface area contributed by atoms with E-state index in [4.69, 9.17) is 9.84 Å². The number of ketones is 1. The van der Waals surface area contributed by atoms with Crippen molar-refractivity contribution in [2.24, 2.45) is 0 Å². The van der Waals surface area contributed by atoms with Crippen molar-refractivity contribution < 1.29 is 19.4 Å². The number of allylic oxidation sites excluding steroid dienone is 1. The molecule has 0 aliphatic carbocycles. The Morgan fingerprint density at radius 1 is 1.06 bits per heavy atom. The summed E-state index contributed by atoms with van der Waals surface area (Å²) in [7, 11) is 1.63. The van der Waals surface area contributed by atoms with Crippen LogP contribution < -0.4 is 10.1 Å². The highest BCUT2D eigenvalue weighted by atomic mass is 16.5. The Balaban J connectivity index is 1.49. The third-order valence-corrected chi connectivity index (χ3v) is 6.48. The van der Waals surface area contributed by atoms with Crippen LogP contribution in [0.25, 0.3) is 5.70 Å². The van der Waals surface area contributed by atoms with Gasteiger partial charge in [0.25, 0.3) is 5.91 Å². The summed E-state index contributed by atoms with van der Waals surface area (Å²) in [5, 5.41) is 12.6. The molecule has 4 rings (SSSR count). The number of carbonyl (C=O) groups excluding carboxylic acids is 2. The summed E-state index contributed by atoms with van der Waals surface area (Å²) in [6, 6.07) is 12.8. The number of rotatable bonds is 6. The number of ether oxygens (including phenoxy) is 1. The van der Waals surface area contributed by atoms with Gasteiger partial charge in [0, 0.05) is 66.7 Å². The molecule has 1 amide bonds. The Labute approximate surface area is 201 Å². The second-order valence-electron chi connectivity index (χ2n) is 9.57. The van der Waals surface area contributed by atoms with Crippen molar-refractivity contribution in [1.29, 1.82) is 0 Å². The maximum Gasteiger partial charge on any atom is 0.253 e. The zero-order valence-electron chi connectivity index (χ0n) is 20.1. The van der Waals surface area contributed by atoms with Gasteiger partial charge in [0.15, 0.2) is 5.78 Å². The van der Waals surface area contributed by atoms with Gasteiger partial charge in [-0.15, -0.1) is 0 Å². The average molecular weight is 464 g/mol. The van der Waals surface area contributed by atoms with Gasteiger partial charge in [-0.1, -0.05) is 18.2 Å². The van der Waals surface area contributed by atoms with E-state index in [9.17, 15) is 9.59 Å². The topological polar surface area (TPSA) is 82.1 Å². The van der Waals surface area contributed by atoms with E-state index >= 15 is 0 Å². The molecule has 1 saturated heterocycles. The molecule has 0 aromatic heterocycles. The first kappa shape index (κ1) is 24.0. The minimum Gasteiger partial charge on any atom is -0.497 e. The lowest BCUT2D eigenvalue weighted by Crippen LogP contribution is -2.49. The largest absolute Gasteiger partial charge is 0.497 e. The number of piperazine rings is 1. The number of aliphatic hydroxyl groups excluding tert-OH is 1. The van der Waals surface area contributed by atoms with E-state index in [0.29, 0.717) is 30.8 Å². The highest BCUT2D eigenvalue weighted by Gasteiger charge is 2.28. The first-order valence-corrected chi connectivity index (χ1v) is 11.7. The van der Waals surface area contributed by atoms with Crippen LogP contribution in [0.15, 0.2) is 48.5 Å². The molecule has 0 bridgehead atoms. The van der Waals surface area contributed by atoms with E-state index in [1.165, 1.54) is 5.56 Å². The van der Waals surface area contributed by atoms with Crippen molar-refractivity contribution in [3.05, 3.63) is 70.8 Å². The van der Waals surface area contributed by atoms with Gasteiger partial charge in [0.2, 0.25) is 0 Å². The molecule has 2 N–H and O–H groups in total. The number of hydrogen-bond acceptors (Lipinski definition) is 6. The lowest BCUT2D eigenvalue weighted by Gasteiger charge is -2.35. The minimum atomic E-state index is -0.175. The van der Waals surface area contributed by atoms with Crippen molar-refractivity contribution in [2.45, 2.75) is 25.8 Å². The number of aliphatic hydroxyl groups is 1. The standard InChI is InChI=1S/C27H33N3O4/c1-27(2)18-21-8-9-22(34-3)16-23(21)24(28-27)17-25(32)19-4-6-20(7-5-19)26(33)30-12-10-29(11-13-30)14-15-31/h4-9,16-17,28,31H,10-15,18H2,1-3H3. The number of nitrogens with zero attached hydrogens (tertiary/aromatic N) is 2. The smallest absolute Gasteiger partial charge is 0.253 e. The van der Waals surface area contributed by atoms with E-state index in [1.807, 2.05) is 17.0 Å². The van der Waals surface area contributed by atoms with Crippen molar-refractivity contribution in [3.8, 4) is 5.75 Å². The fraction of sp³-hybridized carbons (Fsp3) is 0.407. The number of fused-ring (bicyclic) bond motifs is 1. The first-order valence-electron chi connectivity index (χ1n) is 11.7. The third kappa shape index (κ3) is 5.32. The number of β-amino-alcohol motifs (C(OH)–C–C–N with tert-alkyl or cyclic N) is 1. The number of methoxy groups -OCH3 is 1. The van der Waals surface area contributed by atoms with Crippen LogP contribution in [0.5, 0.6) is 5.75 Å². The molecule has 0 unspecified atom stereocenters. The van der Waals surface area contributed by atoms with Crippen LogP contribution in [0.4, 0.5) is 0 Å². The van der Waals surface area contributed by atoms with Crippen molar-refractivity contribution in [3.63, 3.8) is 0 Å². The minimum absolute atomic E-state index is 0.0299. The first-order chi connectivity index (χ1) is 16.3. The molecule has 34 heavy (non-hydrogen) atoms. The van der Waals surface area contributed by atoms with Gasteiger partial charge in [-0.2, -0.15) is 0 Å². The molecule has 7 nitrogen and oxygen atoms in total. The molecule has 2 aliphatic heterocycles. The molecule has 0 spiro atoms. The molecular weight excluding hydrogens is 430 g/mol. The summed E-state index contributed by atoms with van der Waals surface area (Å²) in [5.74, 6) is 0.599. The fourth-order valence-corrected chi connectivity index (χ4v) is 4.64. The summed E-state index contributed by atoms with van der Waals surface area (Å²) >= 11 is 0. The van der Waals surface area contributed by atoms with Gasteiger partial charge in [-0.25, -0.2) is 0 Å². The fourth-order valence-electron chi connectivity index (χ4n) is 4.64. The lowest BCUT2D eigenvalue weighted by molar-refractivity contribution is 0.0614. The monoisotopic (exact) mass is 463 g/mol. The van der Waals surface area contributed by atoms with Crippen LogP contribution in [0.2, 0.25) is 0 Å². The maximum atomic E-state index is 13.1. The predicted molar refractivity (Wildman–Crippen MR) is 132 cm³/mol. The molecule has 2 aliphatic rings. The van der Waals surface area contributed by atoms with Crippen LogP contribution >= 0.6 is 0 Å². The molecule has 2 aromatic rings. The highest BCUT2D eigenvalue weighted by molar-refractivity contribution is 6.09. The van der Waals surface area contributed by atoms with Gasteiger partial charge in [0.1, 0.15) is 5.75 Å². The van der Waals surface area contributed by atoms with Gasteiger partial charge in [-0.05, 0) is 50.1 Å². The van der Waals surface area contributed by atoms with E-state index < -0.39 is 0 Å². The highest BCUT2D eigenvalue weighted by Crippen LogP contribution is 2.32. The van der Waals surface area contributed by atoms with E-state index in [2.05, 4.69) is 30.1 Å². The molecule has 0 saturated carbocycles. The van der Waals surface area contributed by atoms with Gasteiger partial charge < -0.3 is 20.1 Å². The summed E-state index contributed by atoms with van der Waals surface area (Å²) in [6.07, 6.45) is 2.49. The number of benzene rings is 2. The average Bonchev–Trinajstić information content (AvgIpc) is 2.83. The molecule has 1 fully saturated rings. The number of carbonyl (C=O) groups is 2. The molecule has 2 heterocycles. The lowest BCUT2D eigenvalue weighted by atomic mass is 9.85. The van der Waals surface area contributed by atoms with E-state index in [1.54, 1.807) is 37.5 Å². The predicted octanol–water partition coefficient (Wildman–Crippen LogP) is 2.59. The van der Waals surface area contributed by atoms with Crippen LogP contribution in [0.3, 0.4) is 0 Å². The Kier molecular flexibility index (Phi) is 7.05. The molecule has 180 valence electrons. The van der Waals surface area contributed by atoms with Crippen molar-refractivity contribution >= 4 is 17.4 Å². The quantitative estimate of drug-likeness (QED) is 0.506. The molecular formula is C27H33N3O4. The normalized spacial score (nSPS) is 18.8. The number of hydrogen-bond donors (Lipinski definition) is 2. The second-order valence-corrected chi connectivity index (χ2v) is 9.57. The van der Waals surface area contributed by atoms with Crippen molar-refractivity contribution in [2.75, 3.05) is 46.4 Å². The van der Waals surface area contributed by atoms with E-state index in [0.717, 1.165) is 36.5 Å². The van der Waals surface area contributed by atoms with Crippen LogP contribution in [0.1, 0.15) is 45.7 Å². The third-order valence-electron chi connectivity index (χ3n) is 6.48.